The van der Waals surface area contributed by atoms with Gasteiger partial charge in [0, 0.05) is 14.1 Å². The molecule has 0 spiro atoms. The van der Waals surface area contributed by atoms with Gasteiger partial charge in [0.2, 0.25) is 0 Å². The van der Waals surface area contributed by atoms with Gasteiger partial charge in [-0.25, -0.2) is 19.4 Å². The van der Waals surface area contributed by atoms with Gasteiger partial charge in [0.1, 0.15) is 23.7 Å². The fourth-order valence-corrected chi connectivity index (χ4v) is 2.96. The molecule has 0 saturated carbocycles. The van der Waals surface area contributed by atoms with E-state index in [1.54, 1.807) is 10.9 Å². The third kappa shape index (κ3) is 2.80. The molecule has 0 aliphatic carbocycles. The molecular formula is C18H18N8O2. The number of nitrogens with two attached hydrogens (primary N) is 1. The second kappa shape index (κ2) is 6.65. The first-order valence-electron chi connectivity index (χ1n) is 8.50. The van der Waals surface area contributed by atoms with E-state index in [-0.39, 0.29) is 11.5 Å². The molecule has 0 fully saturated rings. The second-order valence-electron chi connectivity index (χ2n) is 6.34. The molecule has 4 rings (SSSR count). The number of nitrogen functional groups attached to an aromatic ring is 1. The number of anilines is 3. The molecule has 142 valence electrons. The monoisotopic (exact) mass is 378 g/mol. The molecule has 0 amide bonds. The van der Waals surface area contributed by atoms with Crippen molar-refractivity contribution < 1.29 is 0 Å². The van der Waals surface area contributed by atoms with Crippen LogP contribution in [0.15, 0.2) is 52.4 Å². The van der Waals surface area contributed by atoms with Crippen LogP contribution in [-0.4, -0.2) is 28.9 Å². The van der Waals surface area contributed by atoms with E-state index >= 15 is 0 Å². The normalized spacial score (nSPS) is 11.1. The Morgan fingerprint density at radius 3 is 2.57 bits per heavy atom. The minimum absolute atomic E-state index is 0.0246. The van der Waals surface area contributed by atoms with Gasteiger partial charge >= 0.3 is 5.69 Å². The highest BCUT2D eigenvalue weighted by Crippen LogP contribution is 2.23. The summed E-state index contributed by atoms with van der Waals surface area (Å²) in [6, 6.07) is 9.88. The summed E-state index contributed by atoms with van der Waals surface area (Å²) in [7, 11) is 2.89. The minimum Gasteiger partial charge on any atom is -0.383 e. The van der Waals surface area contributed by atoms with Crippen molar-refractivity contribution in [3.05, 3.63) is 69.3 Å². The van der Waals surface area contributed by atoms with E-state index in [0.717, 1.165) is 10.1 Å². The molecule has 0 unspecified atom stereocenters. The fourth-order valence-electron chi connectivity index (χ4n) is 2.96. The Hall–Kier alpha value is -3.95. The number of aromatic nitrogens is 6. The average molecular weight is 378 g/mol. The van der Waals surface area contributed by atoms with Crippen molar-refractivity contribution in [1.29, 1.82) is 0 Å². The van der Waals surface area contributed by atoms with Crippen molar-refractivity contribution in [2.75, 3.05) is 11.1 Å². The van der Waals surface area contributed by atoms with E-state index in [9.17, 15) is 9.59 Å². The number of nitrogens with zero attached hydrogens (tertiary/aromatic N) is 6. The van der Waals surface area contributed by atoms with Gasteiger partial charge in [-0.05, 0) is 5.56 Å². The highest BCUT2D eigenvalue weighted by atomic mass is 16.2. The van der Waals surface area contributed by atoms with E-state index in [1.807, 2.05) is 30.3 Å². The molecule has 0 atom stereocenters. The third-order valence-electron chi connectivity index (χ3n) is 4.56. The van der Waals surface area contributed by atoms with Gasteiger partial charge in [0.15, 0.2) is 5.65 Å². The Bertz CT molecular complexity index is 1290. The third-order valence-corrected chi connectivity index (χ3v) is 4.56. The number of hydrogen-bond acceptors (Lipinski definition) is 7. The molecule has 0 radical (unpaired) electrons. The van der Waals surface area contributed by atoms with Crippen LogP contribution in [0.25, 0.3) is 11.0 Å². The van der Waals surface area contributed by atoms with Crippen LogP contribution in [0.5, 0.6) is 0 Å². The van der Waals surface area contributed by atoms with Gasteiger partial charge in [-0.15, -0.1) is 0 Å². The molecule has 0 aliphatic rings. The van der Waals surface area contributed by atoms with Gasteiger partial charge in [-0.3, -0.25) is 13.9 Å². The summed E-state index contributed by atoms with van der Waals surface area (Å²) in [5.41, 5.74) is 6.70. The standard InChI is InChI=1S/C18H18N8O2/c1-24-14(19)13(17(27)25(2)18(24)28)23-15-12-8-22-26(16(12)21-10-20-15)9-11-6-4-3-5-7-11/h3-8,10H,9,19H2,1-2H3,(H,20,21,23). The number of benzene rings is 1. The average Bonchev–Trinajstić information content (AvgIpc) is 3.12. The molecule has 1 aromatic carbocycles. The molecule has 3 aromatic heterocycles. The number of hydrogen-bond donors (Lipinski definition) is 2. The van der Waals surface area contributed by atoms with Crippen LogP contribution in [-0.2, 0) is 20.6 Å². The van der Waals surface area contributed by atoms with E-state index < -0.39 is 11.2 Å². The summed E-state index contributed by atoms with van der Waals surface area (Å²) >= 11 is 0. The van der Waals surface area contributed by atoms with Crippen LogP contribution in [0.4, 0.5) is 17.3 Å². The summed E-state index contributed by atoms with van der Waals surface area (Å²) in [5.74, 6) is 0.406. The van der Waals surface area contributed by atoms with Crippen molar-refractivity contribution in [3.8, 4) is 0 Å². The maximum absolute atomic E-state index is 12.5. The Labute approximate surface area is 158 Å². The lowest BCUT2D eigenvalue weighted by molar-refractivity contribution is 0.697. The van der Waals surface area contributed by atoms with Gasteiger partial charge in [0.05, 0.1) is 18.1 Å². The summed E-state index contributed by atoms with van der Waals surface area (Å²) in [6.07, 6.45) is 3.01. The molecule has 10 heteroatoms. The van der Waals surface area contributed by atoms with Crippen molar-refractivity contribution in [1.82, 2.24) is 28.9 Å². The summed E-state index contributed by atoms with van der Waals surface area (Å²) in [6.45, 7) is 0.546. The summed E-state index contributed by atoms with van der Waals surface area (Å²) in [4.78, 5) is 33.0. The lowest BCUT2D eigenvalue weighted by Gasteiger charge is -2.13. The largest absolute Gasteiger partial charge is 0.383 e. The first kappa shape index (κ1) is 17.5. The van der Waals surface area contributed by atoms with Crippen molar-refractivity contribution in [2.24, 2.45) is 14.1 Å². The molecule has 3 N–H and O–H groups in total. The zero-order chi connectivity index (χ0) is 19.8. The topological polar surface area (TPSA) is 126 Å². The number of rotatable bonds is 4. The molecular weight excluding hydrogens is 360 g/mol. The van der Waals surface area contributed by atoms with Crippen molar-refractivity contribution in [2.45, 2.75) is 6.54 Å². The highest BCUT2D eigenvalue weighted by Gasteiger charge is 2.16. The van der Waals surface area contributed by atoms with Crippen LogP contribution < -0.4 is 22.3 Å². The maximum atomic E-state index is 12.5. The van der Waals surface area contributed by atoms with E-state index in [4.69, 9.17) is 5.73 Å². The van der Waals surface area contributed by atoms with Crippen LogP contribution in [0.2, 0.25) is 0 Å². The van der Waals surface area contributed by atoms with E-state index in [1.165, 1.54) is 25.0 Å². The second-order valence-corrected chi connectivity index (χ2v) is 6.34. The lowest BCUT2D eigenvalue weighted by Crippen LogP contribution is -2.39. The Balaban J connectivity index is 1.78. The first-order chi connectivity index (χ1) is 13.5. The first-order valence-corrected chi connectivity index (χ1v) is 8.50. The molecule has 0 aliphatic heterocycles. The SMILES string of the molecule is Cn1c(N)c(Nc2ncnc3c2cnn3Cc2ccccc2)c(=O)n(C)c1=O. The quantitative estimate of drug-likeness (QED) is 0.532. The molecule has 3 heterocycles. The lowest BCUT2D eigenvalue weighted by atomic mass is 10.2. The van der Waals surface area contributed by atoms with Gasteiger partial charge in [-0.1, -0.05) is 30.3 Å². The Morgan fingerprint density at radius 1 is 1.07 bits per heavy atom. The fraction of sp³-hybridized carbons (Fsp3) is 0.167. The van der Waals surface area contributed by atoms with Gasteiger partial charge < -0.3 is 11.1 Å². The molecule has 28 heavy (non-hydrogen) atoms. The zero-order valence-electron chi connectivity index (χ0n) is 15.3. The molecule has 0 bridgehead atoms. The van der Waals surface area contributed by atoms with Crippen LogP contribution in [0, 0.1) is 0 Å². The number of fused-ring (bicyclic) bond motifs is 1. The molecule has 4 aromatic rings. The van der Waals surface area contributed by atoms with E-state index in [0.29, 0.717) is 23.4 Å². The van der Waals surface area contributed by atoms with Crippen molar-refractivity contribution in [3.63, 3.8) is 0 Å². The zero-order valence-corrected chi connectivity index (χ0v) is 15.3. The predicted molar refractivity (Wildman–Crippen MR) is 105 cm³/mol. The van der Waals surface area contributed by atoms with Gasteiger partial charge in [0.25, 0.3) is 5.56 Å². The molecule has 0 saturated heterocycles. The number of nitrogens with one attached hydrogen (secondary N) is 1. The van der Waals surface area contributed by atoms with Crippen LogP contribution >= 0.6 is 0 Å². The van der Waals surface area contributed by atoms with E-state index in [2.05, 4.69) is 20.4 Å². The Morgan fingerprint density at radius 2 is 1.82 bits per heavy atom. The van der Waals surface area contributed by atoms with Gasteiger partial charge in [-0.2, -0.15) is 5.10 Å². The summed E-state index contributed by atoms with van der Waals surface area (Å²) < 4.78 is 3.93. The van der Waals surface area contributed by atoms with Crippen LogP contribution in [0.3, 0.4) is 0 Å². The summed E-state index contributed by atoms with van der Waals surface area (Å²) in [5, 5.41) is 7.97. The highest BCUT2D eigenvalue weighted by molar-refractivity contribution is 5.89. The Kier molecular flexibility index (Phi) is 4.15. The molecule has 10 nitrogen and oxygen atoms in total. The smallest absolute Gasteiger partial charge is 0.332 e. The van der Waals surface area contributed by atoms with Crippen molar-refractivity contribution >= 4 is 28.4 Å². The predicted octanol–water partition coefficient (Wildman–Crippen LogP) is 0.598. The maximum Gasteiger partial charge on any atom is 0.332 e. The van der Waals surface area contributed by atoms with Crippen LogP contribution in [0.1, 0.15) is 5.56 Å². The minimum atomic E-state index is -0.538.